The van der Waals surface area contributed by atoms with E-state index in [0.29, 0.717) is 29.7 Å². The molecule has 7 nitrogen and oxygen atoms in total. The first kappa shape index (κ1) is 24.0. The predicted octanol–water partition coefficient (Wildman–Crippen LogP) is 3.01. The van der Waals surface area contributed by atoms with Gasteiger partial charge < -0.3 is 25.4 Å². The molecule has 9 heteroatoms. The van der Waals surface area contributed by atoms with Crippen LogP contribution in [0.2, 0.25) is 0 Å². The van der Waals surface area contributed by atoms with Gasteiger partial charge in [0.05, 0.1) is 26.5 Å². The fraction of sp³-hybridized carbons (Fsp3) is 0.381. The Morgan fingerprint density at radius 3 is 2.40 bits per heavy atom. The number of piperazine rings is 1. The van der Waals surface area contributed by atoms with Crippen LogP contribution < -0.4 is 25.4 Å². The number of nitrogens with one attached hydrogen (secondary N) is 1. The number of rotatable bonds is 7. The molecule has 0 aliphatic carbocycles. The number of nitrogens with two attached hydrogens (primary N) is 1. The van der Waals surface area contributed by atoms with Gasteiger partial charge in [-0.25, -0.2) is 4.39 Å². The van der Waals surface area contributed by atoms with Crippen LogP contribution in [-0.4, -0.2) is 64.3 Å². The summed E-state index contributed by atoms with van der Waals surface area (Å²) in [7, 11) is 3.21. The van der Waals surface area contributed by atoms with E-state index in [1.165, 1.54) is 12.1 Å². The molecule has 1 aliphatic rings. The molecule has 2 aromatic rings. The summed E-state index contributed by atoms with van der Waals surface area (Å²) >= 11 is 0. The van der Waals surface area contributed by atoms with E-state index in [4.69, 9.17) is 15.2 Å². The third kappa shape index (κ3) is 6.63. The van der Waals surface area contributed by atoms with E-state index in [1.54, 1.807) is 14.2 Å². The van der Waals surface area contributed by atoms with Crippen molar-refractivity contribution >= 4 is 41.3 Å². The first-order valence-electron chi connectivity index (χ1n) is 9.61. The SMILES string of the molecule is COc1ccc(OC)c(NC(N)=NCCN2CCN(c3ccc(F)cc3)CC2)c1.I. The minimum Gasteiger partial charge on any atom is -0.497 e. The lowest BCUT2D eigenvalue weighted by Crippen LogP contribution is -2.47. The molecular weight excluding hydrogens is 500 g/mol. The molecule has 0 amide bonds. The smallest absolute Gasteiger partial charge is 0.193 e. The second-order valence-electron chi connectivity index (χ2n) is 6.76. The molecule has 0 bridgehead atoms. The Balaban J connectivity index is 0.00000320. The maximum Gasteiger partial charge on any atom is 0.193 e. The lowest BCUT2D eigenvalue weighted by atomic mass is 10.2. The van der Waals surface area contributed by atoms with Crippen LogP contribution in [0.1, 0.15) is 0 Å². The monoisotopic (exact) mass is 529 g/mol. The topological polar surface area (TPSA) is 75.3 Å². The summed E-state index contributed by atoms with van der Waals surface area (Å²) in [5.41, 5.74) is 7.80. The van der Waals surface area contributed by atoms with Crippen molar-refractivity contribution < 1.29 is 13.9 Å². The highest BCUT2D eigenvalue weighted by Gasteiger charge is 2.16. The molecule has 2 aromatic carbocycles. The maximum absolute atomic E-state index is 13.1. The fourth-order valence-corrected chi connectivity index (χ4v) is 3.28. The van der Waals surface area contributed by atoms with Crippen molar-refractivity contribution in [2.75, 3.05) is 63.7 Å². The van der Waals surface area contributed by atoms with Gasteiger partial charge in [-0.05, 0) is 36.4 Å². The Hall–Kier alpha value is -2.27. The van der Waals surface area contributed by atoms with Gasteiger partial charge in [-0.3, -0.25) is 9.89 Å². The summed E-state index contributed by atoms with van der Waals surface area (Å²) in [6, 6.07) is 12.1. The number of benzene rings is 2. The van der Waals surface area contributed by atoms with Gasteiger partial charge >= 0.3 is 0 Å². The number of nitrogens with zero attached hydrogens (tertiary/aromatic N) is 3. The normalized spacial score (nSPS) is 14.8. The third-order valence-electron chi connectivity index (χ3n) is 4.93. The summed E-state index contributed by atoms with van der Waals surface area (Å²) in [5.74, 6) is 1.51. The summed E-state index contributed by atoms with van der Waals surface area (Å²) < 4.78 is 23.6. The number of hydrogen-bond donors (Lipinski definition) is 2. The highest BCUT2D eigenvalue weighted by molar-refractivity contribution is 14.0. The third-order valence-corrected chi connectivity index (χ3v) is 4.93. The van der Waals surface area contributed by atoms with Gasteiger partial charge in [-0.1, -0.05) is 0 Å². The number of halogens is 2. The van der Waals surface area contributed by atoms with Gasteiger partial charge in [-0.2, -0.15) is 0 Å². The Bertz CT molecular complexity index is 827. The van der Waals surface area contributed by atoms with Crippen LogP contribution in [0.25, 0.3) is 0 Å². The molecule has 1 heterocycles. The van der Waals surface area contributed by atoms with Crippen LogP contribution in [0.4, 0.5) is 15.8 Å². The highest BCUT2D eigenvalue weighted by atomic mass is 127. The molecule has 0 radical (unpaired) electrons. The zero-order valence-electron chi connectivity index (χ0n) is 17.3. The molecular formula is C21H29FIN5O2. The van der Waals surface area contributed by atoms with E-state index < -0.39 is 0 Å². The lowest BCUT2D eigenvalue weighted by Gasteiger charge is -2.35. The number of hydrogen-bond acceptors (Lipinski definition) is 5. The quantitative estimate of drug-likeness (QED) is 0.327. The average molecular weight is 529 g/mol. The van der Waals surface area contributed by atoms with Crippen LogP contribution in [0.15, 0.2) is 47.5 Å². The van der Waals surface area contributed by atoms with Crippen LogP contribution in [0, 0.1) is 5.82 Å². The Morgan fingerprint density at radius 1 is 1.07 bits per heavy atom. The largest absolute Gasteiger partial charge is 0.497 e. The highest BCUT2D eigenvalue weighted by Crippen LogP contribution is 2.28. The van der Waals surface area contributed by atoms with E-state index in [0.717, 1.165) is 38.4 Å². The molecule has 1 saturated heterocycles. The molecule has 3 rings (SSSR count). The molecule has 0 unspecified atom stereocenters. The van der Waals surface area contributed by atoms with Gasteiger partial charge in [0.1, 0.15) is 17.3 Å². The van der Waals surface area contributed by atoms with E-state index in [-0.39, 0.29) is 29.8 Å². The Labute approximate surface area is 194 Å². The maximum atomic E-state index is 13.1. The number of methoxy groups -OCH3 is 2. The molecule has 0 saturated carbocycles. The predicted molar refractivity (Wildman–Crippen MR) is 130 cm³/mol. The lowest BCUT2D eigenvalue weighted by molar-refractivity contribution is 0.265. The second kappa shape index (κ2) is 11.8. The number of ether oxygens (including phenoxy) is 2. The summed E-state index contributed by atoms with van der Waals surface area (Å²) in [4.78, 5) is 9.04. The zero-order chi connectivity index (χ0) is 20.6. The van der Waals surface area contributed by atoms with Crippen LogP contribution >= 0.6 is 24.0 Å². The Morgan fingerprint density at radius 2 is 1.77 bits per heavy atom. The van der Waals surface area contributed by atoms with Gasteiger partial charge in [0.25, 0.3) is 0 Å². The van der Waals surface area contributed by atoms with Crippen molar-refractivity contribution in [2.24, 2.45) is 10.7 Å². The first-order chi connectivity index (χ1) is 14.1. The van der Waals surface area contributed by atoms with Gasteiger partial charge in [0.2, 0.25) is 0 Å². The molecule has 0 aromatic heterocycles. The summed E-state index contributed by atoms with van der Waals surface area (Å²) in [6.07, 6.45) is 0. The molecule has 1 aliphatic heterocycles. The summed E-state index contributed by atoms with van der Waals surface area (Å²) in [5, 5.41) is 3.07. The van der Waals surface area contributed by atoms with Crippen LogP contribution in [0.3, 0.4) is 0 Å². The van der Waals surface area contributed by atoms with E-state index >= 15 is 0 Å². The molecule has 3 N–H and O–H groups in total. The van der Waals surface area contributed by atoms with Crippen molar-refractivity contribution in [2.45, 2.75) is 0 Å². The first-order valence-corrected chi connectivity index (χ1v) is 9.61. The molecule has 0 atom stereocenters. The number of aliphatic imine (C=N–C) groups is 1. The van der Waals surface area contributed by atoms with Crippen molar-refractivity contribution in [1.82, 2.24) is 4.90 Å². The van der Waals surface area contributed by atoms with Gasteiger partial charge in [0, 0.05) is 44.5 Å². The van der Waals surface area contributed by atoms with E-state index in [9.17, 15) is 4.39 Å². The average Bonchev–Trinajstić information content (AvgIpc) is 2.75. The van der Waals surface area contributed by atoms with Gasteiger partial charge in [-0.15, -0.1) is 24.0 Å². The second-order valence-corrected chi connectivity index (χ2v) is 6.76. The van der Waals surface area contributed by atoms with Crippen LogP contribution in [0.5, 0.6) is 11.5 Å². The van der Waals surface area contributed by atoms with Crippen molar-refractivity contribution in [3.63, 3.8) is 0 Å². The molecule has 0 spiro atoms. The van der Waals surface area contributed by atoms with Crippen molar-refractivity contribution in [3.05, 3.63) is 48.3 Å². The fourth-order valence-electron chi connectivity index (χ4n) is 3.28. The Kier molecular flexibility index (Phi) is 9.44. The van der Waals surface area contributed by atoms with Gasteiger partial charge in [0.15, 0.2) is 5.96 Å². The van der Waals surface area contributed by atoms with Crippen molar-refractivity contribution in [1.29, 1.82) is 0 Å². The minimum atomic E-state index is -0.206. The molecule has 164 valence electrons. The van der Waals surface area contributed by atoms with Crippen molar-refractivity contribution in [3.8, 4) is 11.5 Å². The number of guanidine groups is 1. The minimum absolute atomic E-state index is 0. The van der Waals surface area contributed by atoms with Crippen LogP contribution in [-0.2, 0) is 0 Å². The molecule has 1 fully saturated rings. The summed E-state index contributed by atoms with van der Waals surface area (Å²) in [6.45, 7) is 5.11. The molecule has 30 heavy (non-hydrogen) atoms. The number of anilines is 2. The standard InChI is InChI=1S/C21H28FN5O2.HI/c1-28-18-7-8-20(29-2)19(15-18)25-21(23)24-9-10-26-11-13-27(14-12-26)17-5-3-16(22)4-6-17;/h3-8,15H,9-14H2,1-2H3,(H3,23,24,25);1H. The zero-order valence-corrected chi connectivity index (χ0v) is 19.6. The van der Waals surface area contributed by atoms with E-state index in [2.05, 4.69) is 20.1 Å². The van der Waals surface area contributed by atoms with E-state index in [1.807, 2.05) is 30.3 Å².